The van der Waals surface area contributed by atoms with Crippen LogP contribution in [0.4, 0.5) is 0 Å². The quantitative estimate of drug-likeness (QED) is 0.248. The number of hydrogen-bond acceptors (Lipinski definition) is 0. The first-order valence-electron chi connectivity index (χ1n) is 14.8. The molecular weight excluding hydrogens is 655 g/mol. The number of fused-ring (bicyclic) bond motifs is 5. The van der Waals surface area contributed by atoms with Crippen molar-refractivity contribution < 1.29 is 49.0 Å². The second-order valence-electron chi connectivity index (χ2n) is 12.4. The van der Waals surface area contributed by atoms with Gasteiger partial charge in [-0.05, 0) is 45.9 Å². The maximum absolute atomic E-state index is 3.50. The van der Waals surface area contributed by atoms with Gasteiger partial charge in [0.1, 0.15) is 0 Å². The van der Waals surface area contributed by atoms with Gasteiger partial charge in [-0.25, -0.2) is 18.2 Å². The standard InChI is InChI=1S/C23H21.C13H10.C5H5.2ClH.Zr/c1-22(2)7-5-14-10-18-16(12-20(14)22)9-17-13-21-15(11-19(17)18)6-8-23(21,3)4;1-3-7-12(8-4-1)11-13-9-5-2-6-10-13;1-2-4-5-3-1;;;/h5-7,10-13H,9H2,1-4H3;1-10H;1-3H,4H2;2*1H;/q-1;;-1;;;+2/p-2. The molecule has 4 aliphatic carbocycles. The average molecular weight is 691 g/mol. The Kier molecular flexibility index (Phi) is 10.9. The van der Waals surface area contributed by atoms with Gasteiger partial charge < -0.3 is 24.8 Å². The summed E-state index contributed by atoms with van der Waals surface area (Å²) >= 11 is 1.46. The second kappa shape index (κ2) is 14.1. The maximum atomic E-state index is 3.50. The molecule has 4 aromatic carbocycles. The molecule has 0 saturated heterocycles. The van der Waals surface area contributed by atoms with Gasteiger partial charge in [0.05, 0.1) is 0 Å². The minimum absolute atomic E-state index is 0. The van der Waals surface area contributed by atoms with Crippen molar-refractivity contribution in [3.8, 4) is 11.1 Å². The van der Waals surface area contributed by atoms with E-state index >= 15 is 0 Å². The Morgan fingerprint density at radius 2 is 1.30 bits per heavy atom. The van der Waals surface area contributed by atoms with Crippen molar-refractivity contribution in [1.82, 2.24) is 0 Å². The van der Waals surface area contributed by atoms with Crippen molar-refractivity contribution in [2.75, 3.05) is 0 Å². The molecule has 0 amide bonds. The first kappa shape index (κ1) is 34.1. The van der Waals surface area contributed by atoms with E-state index in [1.54, 1.807) is 0 Å². The van der Waals surface area contributed by atoms with Gasteiger partial charge in [-0.1, -0.05) is 57.4 Å². The van der Waals surface area contributed by atoms with E-state index in [-0.39, 0.29) is 35.6 Å². The molecule has 44 heavy (non-hydrogen) atoms. The van der Waals surface area contributed by atoms with Gasteiger partial charge in [0, 0.05) is 5.41 Å². The molecule has 0 fully saturated rings. The van der Waals surface area contributed by atoms with Crippen molar-refractivity contribution in [3.63, 3.8) is 0 Å². The molecule has 4 aromatic rings. The summed E-state index contributed by atoms with van der Waals surface area (Å²) in [5.74, 6) is 0. The third-order valence-electron chi connectivity index (χ3n) is 8.57. The van der Waals surface area contributed by atoms with E-state index in [9.17, 15) is 0 Å². The molecule has 0 heterocycles. The number of rotatable bonds is 2. The van der Waals surface area contributed by atoms with Gasteiger partial charge in [-0.2, -0.15) is 11.6 Å². The fourth-order valence-corrected chi connectivity index (χ4v) is 6.94. The third kappa shape index (κ3) is 7.02. The van der Waals surface area contributed by atoms with Gasteiger partial charge in [0.15, 0.2) is 0 Å². The molecule has 4 aliphatic rings. The summed E-state index contributed by atoms with van der Waals surface area (Å²) in [6.45, 7) is 9.13. The van der Waals surface area contributed by atoms with Crippen LogP contribution in [0.15, 0.2) is 109 Å². The summed E-state index contributed by atoms with van der Waals surface area (Å²) in [7, 11) is 0. The number of hydrogen-bond donors (Lipinski definition) is 0. The SMILES string of the molecule is CC1(C)[C-]=Cc2cc3c(cc21)Cc1cc2c(cc1-3)C=CC2(C)C.[C-]1=CC=CC1.[Cl-].[Cl-].[Zr+2]=[C](c1ccccc1)c1ccccc1. The summed E-state index contributed by atoms with van der Waals surface area (Å²) in [6, 6.07) is 30.8. The molecule has 0 atom stereocenters. The molecule has 0 N–H and O–H groups in total. The van der Waals surface area contributed by atoms with E-state index < -0.39 is 0 Å². The zero-order valence-electron chi connectivity index (χ0n) is 25.7. The van der Waals surface area contributed by atoms with Crippen molar-refractivity contribution >= 4 is 15.4 Å². The Balaban J connectivity index is 0.000000180. The Morgan fingerprint density at radius 3 is 1.82 bits per heavy atom. The fraction of sp³-hybridized carbons (Fsp3) is 0.195. The topological polar surface area (TPSA) is 0 Å². The van der Waals surface area contributed by atoms with Gasteiger partial charge in [0.2, 0.25) is 0 Å². The predicted molar refractivity (Wildman–Crippen MR) is 175 cm³/mol. The Morgan fingerprint density at radius 1 is 0.727 bits per heavy atom. The molecule has 0 aliphatic heterocycles. The van der Waals surface area contributed by atoms with Gasteiger partial charge in [0.25, 0.3) is 0 Å². The summed E-state index contributed by atoms with van der Waals surface area (Å²) < 4.78 is 1.42. The van der Waals surface area contributed by atoms with E-state index in [0.29, 0.717) is 0 Å². The summed E-state index contributed by atoms with van der Waals surface area (Å²) in [6.07, 6.45) is 21.4. The Hall–Kier alpha value is -2.83. The molecule has 0 bridgehead atoms. The van der Waals surface area contributed by atoms with Crippen LogP contribution in [-0.2, 0) is 41.5 Å². The van der Waals surface area contributed by atoms with Gasteiger partial charge in [-0.15, -0.1) is 18.1 Å². The molecule has 0 nitrogen and oxygen atoms in total. The molecule has 0 unspecified atom stereocenters. The molecule has 220 valence electrons. The number of halogens is 2. The van der Waals surface area contributed by atoms with Crippen molar-refractivity contribution in [2.45, 2.75) is 51.4 Å². The van der Waals surface area contributed by atoms with Crippen LogP contribution in [0.5, 0.6) is 0 Å². The minimum atomic E-state index is 0. The van der Waals surface area contributed by atoms with Crippen molar-refractivity contribution in [1.29, 1.82) is 0 Å². The van der Waals surface area contributed by atoms with E-state index in [1.807, 2.05) is 12.2 Å². The summed E-state index contributed by atoms with van der Waals surface area (Å²) in [4.78, 5) is 0. The van der Waals surface area contributed by atoms with Crippen LogP contribution in [0.2, 0.25) is 0 Å². The Bertz CT molecular complexity index is 1640. The molecule has 0 radical (unpaired) electrons. The van der Waals surface area contributed by atoms with E-state index in [2.05, 4.69) is 149 Å². The molecule has 3 heteroatoms. The number of allylic oxidation sites excluding steroid dienone is 6. The van der Waals surface area contributed by atoms with Crippen LogP contribution < -0.4 is 24.8 Å². The van der Waals surface area contributed by atoms with Crippen LogP contribution >= 0.6 is 0 Å². The zero-order valence-corrected chi connectivity index (χ0v) is 29.7. The van der Waals surface area contributed by atoms with E-state index in [1.165, 1.54) is 83.1 Å². The first-order chi connectivity index (χ1) is 20.2. The van der Waals surface area contributed by atoms with Crippen molar-refractivity contribution in [2.24, 2.45) is 0 Å². The predicted octanol–water partition coefficient (Wildman–Crippen LogP) is 3.79. The average Bonchev–Trinajstić information content (AvgIpc) is 3.80. The molecule has 8 rings (SSSR count). The molecule has 0 spiro atoms. The van der Waals surface area contributed by atoms with Gasteiger partial charge >= 0.3 is 99.2 Å². The van der Waals surface area contributed by atoms with E-state index in [0.717, 1.165) is 12.8 Å². The van der Waals surface area contributed by atoms with Crippen molar-refractivity contribution in [3.05, 3.63) is 166 Å². The third-order valence-corrected chi connectivity index (χ3v) is 9.99. The van der Waals surface area contributed by atoms with Crippen LogP contribution in [0.1, 0.15) is 78.6 Å². The van der Waals surface area contributed by atoms with Crippen LogP contribution in [0, 0.1) is 12.2 Å². The molecular formula is C41H36Cl2Zr-2. The normalized spacial score (nSPS) is 15.8. The first-order valence-corrected chi connectivity index (χ1v) is 16.0. The summed E-state index contributed by atoms with van der Waals surface area (Å²) in [5, 5.41) is 0. The van der Waals surface area contributed by atoms with Crippen LogP contribution in [-0.4, -0.2) is 3.21 Å². The molecule has 0 saturated carbocycles. The molecule has 0 aromatic heterocycles. The number of benzene rings is 4. The van der Waals surface area contributed by atoms with Crippen LogP contribution in [0.3, 0.4) is 0 Å². The fourth-order valence-electron chi connectivity index (χ4n) is 6.12. The zero-order chi connectivity index (χ0) is 29.3. The van der Waals surface area contributed by atoms with Crippen LogP contribution in [0.25, 0.3) is 23.3 Å². The van der Waals surface area contributed by atoms with E-state index in [4.69, 9.17) is 0 Å². The summed E-state index contributed by atoms with van der Waals surface area (Å²) in [5.41, 5.74) is 14.3. The monoisotopic (exact) mass is 688 g/mol. The van der Waals surface area contributed by atoms with Gasteiger partial charge in [-0.3, -0.25) is 12.2 Å². The Labute approximate surface area is 290 Å². The second-order valence-corrected chi connectivity index (χ2v) is 13.7.